The molecule has 128 valence electrons. The first-order valence-electron chi connectivity index (χ1n) is 7.59. The molecule has 0 atom stereocenters. The first-order valence-corrected chi connectivity index (χ1v) is 9.48. The molecule has 25 heavy (non-hydrogen) atoms. The monoisotopic (exact) mass is 355 g/mol. The van der Waals surface area contributed by atoms with Crippen molar-refractivity contribution < 1.29 is 13.2 Å². The highest BCUT2D eigenvalue weighted by Crippen LogP contribution is 2.20. The van der Waals surface area contributed by atoms with Crippen LogP contribution in [0, 0.1) is 6.92 Å². The van der Waals surface area contributed by atoms with Gasteiger partial charge < -0.3 is 5.32 Å². The average molecular weight is 355 g/mol. The topological polar surface area (TPSA) is 81.1 Å². The van der Waals surface area contributed by atoms with Crippen molar-refractivity contribution in [3.63, 3.8) is 0 Å². The largest absolute Gasteiger partial charge is 0.306 e. The van der Waals surface area contributed by atoms with Gasteiger partial charge in [0.15, 0.2) is 9.84 Å². The van der Waals surface area contributed by atoms with Gasteiger partial charge in [-0.1, -0.05) is 30.3 Å². The van der Waals surface area contributed by atoms with Crippen LogP contribution in [0.3, 0.4) is 0 Å². The number of para-hydroxylation sites is 1. The van der Waals surface area contributed by atoms with E-state index in [-0.39, 0.29) is 10.5 Å². The Morgan fingerprint density at radius 1 is 1.04 bits per heavy atom. The van der Waals surface area contributed by atoms with Crippen molar-refractivity contribution in [2.75, 3.05) is 11.6 Å². The predicted octanol–water partition coefficient (Wildman–Crippen LogP) is 2.84. The van der Waals surface area contributed by atoms with E-state index in [2.05, 4.69) is 10.4 Å². The van der Waals surface area contributed by atoms with Crippen molar-refractivity contribution in [1.29, 1.82) is 0 Å². The van der Waals surface area contributed by atoms with Crippen LogP contribution in [0.5, 0.6) is 0 Å². The van der Waals surface area contributed by atoms with E-state index in [1.807, 2.05) is 37.3 Å². The molecule has 1 aromatic heterocycles. The number of sulfone groups is 1. The van der Waals surface area contributed by atoms with E-state index >= 15 is 0 Å². The molecule has 0 saturated heterocycles. The van der Waals surface area contributed by atoms with Crippen molar-refractivity contribution >= 4 is 21.6 Å². The Morgan fingerprint density at radius 2 is 1.68 bits per heavy atom. The molecule has 6 nitrogen and oxygen atoms in total. The lowest BCUT2D eigenvalue weighted by Gasteiger charge is -2.11. The van der Waals surface area contributed by atoms with E-state index in [9.17, 15) is 13.2 Å². The van der Waals surface area contributed by atoms with Gasteiger partial charge >= 0.3 is 0 Å². The quantitative estimate of drug-likeness (QED) is 0.780. The van der Waals surface area contributed by atoms with Gasteiger partial charge in [0.1, 0.15) is 5.82 Å². The molecule has 0 spiro atoms. The number of nitrogens with zero attached hydrogens (tertiary/aromatic N) is 2. The van der Waals surface area contributed by atoms with Crippen molar-refractivity contribution in [2.45, 2.75) is 11.8 Å². The zero-order valence-electron chi connectivity index (χ0n) is 13.8. The van der Waals surface area contributed by atoms with E-state index in [0.717, 1.165) is 17.6 Å². The number of aryl methyl sites for hydroxylation is 1. The molecule has 0 saturated carbocycles. The third-order valence-corrected chi connectivity index (χ3v) is 4.76. The minimum Gasteiger partial charge on any atom is -0.306 e. The fourth-order valence-corrected chi connectivity index (χ4v) is 3.40. The highest BCUT2D eigenvalue weighted by atomic mass is 32.2. The maximum atomic E-state index is 12.7. The Hall–Kier alpha value is -2.93. The van der Waals surface area contributed by atoms with Crippen molar-refractivity contribution in [2.24, 2.45) is 0 Å². The van der Waals surface area contributed by atoms with Crippen LogP contribution in [0.4, 0.5) is 5.82 Å². The molecule has 1 N–H and O–H groups in total. The molecule has 0 fully saturated rings. The number of amides is 1. The standard InChI is InChI=1S/C18H17N3O3S/c1-13-12-17(21(20-13)14-8-4-3-5-9-14)19-18(22)15-10-6-7-11-16(15)25(2,23)24/h3-12H,1-2H3,(H,19,22). The lowest BCUT2D eigenvalue weighted by molar-refractivity contribution is 0.102. The maximum Gasteiger partial charge on any atom is 0.258 e. The molecule has 0 aliphatic rings. The molecule has 0 radical (unpaired) electrons. The van der Waals surface area contributed by atoms with Crippen LogP contribution in [-0.2, 0) is 9.84 Å². The zero-order chi connectivity index (χ0) is 18.0. The summed E-state index contributed by atoms with van der Waals surface area (Å²) in [5.41, 5.74) is 1.63. The molecule has 0 aliphatic carbocycles. The van der Waals surface area contributed by atoms with Gasteiger partial charge in [0.2, 0.25) is 0 Å². The second-order valence-electron chi connectivity index (χ2n) is 5.64. The smallest absolute Gasteiger partial charge is 0.258 e. The van der Waals surface area contributed by atoms with E-state index in [1.54, 1.807) is 22.9 Å². The second kappa shape index (κ2) is 6.52. The summed E-state index contributed by atoms with van der Waals surface area (Å²) in [7, 11) is -3.51. The van der Waals surface area contributed by atoms with Gasteiger partial charge in [0.05, 0.1) is 21.8 Å². The van der Waals surface area contributed by atoms with Crippen LogP contribution in [0.15, 0.2) is 65.6 Å². The van der Waals surface area contributed by atoms with Gasteiger partial charge in [-0.25, -0.2) is 13.1 Å². The minimum atomic E-state index is -3.51. The van der Waals surface area contributed by atoms with Crippen molar-refractivity contribution in [3.05, 3.63) is 71.9 Å². The summed E-state index contributed by atoms with van der Waals surface area (Å²) in [6.07, 6.45) is 1.08. The maximum absolute atomic E-state index is 12.7. The summed E-state index contributed by atoms with van der Waals surface area (Å²) in [6, 6.07) is 17.2. The Bertz CT molecular complexity index is 1020. The summed E-state index contributed by atoms with van der Waals surface area (Å²) < 4.78 is 25.4. The average Bonchev–Trinajstić information content (AvgIpc) is 2.95. The Balaban J connectivity index is 1.99. The van der Waals surface area contributed by atoms with E-state index in [0.29, 0.717) is 5.82 Å². The number of carbonyl (C=O) groups is 1. The Morgan fingerprint density at radius 3 is 2.36 bits per heavy atom. The fourth-order valence-electron chi connectivity index (χ4n) is 2.52. The number of aromatic nitrogens is 2. The molecule has 0 unspecified atom stereocenters. The highest BCUT2D eigenvalue weighted by Gasteiger charge is 2.19. The molecule has 0 aliphatic heterocycles. The van der Waals surface area contributed by atoms with Crippen LogP contribution in [-0.4, -0.2) is 30.4 Å². The van der Waals surface area contributed by atoms with Crippen LogP contribution < -0.4 is 5.32 Å². The number of nitrogens with one attached hydrogen (secondary N) is 1. The fraction of sp³-hybridized carbons (Fsp3) is 0.111. The summed E-state index contributed by atoms with van der Waals surface area (Å²) in [5, 5.41) is 7.14. The molecule has 3 rings (SSSR count). The molecule has 1 heterocycles. The minimum absolute atomic E-state index is 0.00463. The highest BCUT2D eigenvalue weighted by molar-refractivity contribution is 7.90. The number of hydrogen-bond acceptors (Lipinski definition) is 4. The van der Waals surface area contributed by atoms with Crippen LogP contribution in [0.2, 0.25) is 0 Å². The molecule has 3 aromatic rings. The molecule has 2 aromatic carbocycles. The van der Waals surface area contributed by atoms with E-state index < -0.39 is 15.7 Å². The Kier molecular flexibility index (Phi) is 4.41. The number of carbonyl (C=O) groups excluding carboxylic acids is 1. The van der Waals surface area contributed by atoms with Gasteiger partial charge in [-0.2, -0.15) is 5.10 Å². The number of rotatable bonds is 4. The van der Waals surface area contributed by atoms with Gasteiger partial charge in [0.25, 0.3) is 5.91 Å². The number of anilines is 1. The Labute approximate surface area is 146 Å². The predicted molar refractivity (Wildman–Crippen MR) is 95.8 cm³/mol. The third kappa shape index (κ3) is 3.61. The first kappa shape index (κ1) is 16.9. The zero-order valence-corrected chi connectivity index (χ0v) is 14.6. The summed E-state index contributed by atoms with van der Waals surface area (Å²) in [6.45, 7) is 1.82. The van der Waals surface area contributed by atoms with E-state index in [4.69, 9.17) is 0 Å². The molecule has 7 heteroatoms. The summed E-state index contributed by atoms with van der Waals surface area (Å²) >= 11 is 0. The summed E-state index contributed by atoms with van der Waals surface area (Å²) in [5.74, 6) is -0.0323. The van der Waals surface area contributed by atoms with Crippen molar-refractivity contribution in [1.82, 2.24) is 9.78 Å². The van der Waals surface area contributed by atoms with Gasteiger partial charge in [0, 0.05) is 12.3 Å². The molecule has 1 amide bonds. The summed E-state index contributed by atoms with van der Waals surface area (Å²) in [4.78, 5) is 12.7. The molecular weight excluding hydrogens is 338 g/mol. The third-order valence-electron chi connectivity index (χ3n) is 3.61. The lowest BCUT2D eigenvalue weighted by Crippen LogP contribution is -2.18. The number of benzene rings is 2. The van der Waals surface area contributed by atoms with Gasteiger partial charge in [-0.15, -0.1) is 0 Å². The van der Waals surface area contributed by atoms with Gasteiger partial charge in [-0.05, 0) is 31.2 Å². The molecule has 0 bridgehead atoms. The van der Waals surface area contributed by atoms with Crippen LogP contribution in [0.25, 0.3) is 5.69 Å². The second-order valence-corrected chi connectivity index (χ2v) is 7.62. The van der Waals surface area contributed by atoms with Crippen LogP contribution >= 0.6 is 0 Å². The van der Waals surface area contributed by atoms with Crippen LogP contribution in [0.1, 0.15) is 16.1 Å². The molecular formula is C18H17N3O3S. The first-order chi connectivity index (χ1) is 11.9. The van der Waals surface area contributed by atoms with E-state index in [1.165, 1.54) is 12.1 Å². The van der Waals surface area contributed by atoms with Crippen molar-refractivity contribution in [3.8, 4) is 5.69 Å². The SMILES string of the molecule is Cc1cc(NC(=O)c2ccccc2S(C)(=O)=O)n(-c2ccccc2)n1. The van der Waals surface area contributed by atoms with Gasteiger partial charge in [-0.3, -0.25) is 4.79 Å². The number of hydrogen-bond donors (Lipinski definition) is 1. The normalized spacial score (nSPS) is 11.3. The lowest BCUT2D eigenvalue weighted by atomic mass is 10.2.